The van der Waals surface area contributed by atoms with Gasteiger partial charge in [-0.05, 0) is 61.4 Å². The van der Waals surface area contributed by atoms with Crippen molar-refractivity contribution < 1.29 is 26.7 Å². The summed E-state index contributed by atoms with van der Waals surface area (Å²) < 4.78 is 50.4. The number of rotatable bonds is 5. The SMILES string of the molecule is Cc1cc(C(=O)O)cc(S(=O)(=O)Nc2ccc(S(C)(=O)=O)cc2)c1C. The Bertz CT molecular complexity index is 1040. The van der Waals surface area contributed by atoms with Crippen molar-refractivity contribution in [3.63, 3.8) is 0 Å². The van der Waals surface area contributed by atoms with Crippen LogP contribution >= 0.6 is 0 Å². The maximum absolute atomic E-state index is 12.6. The highest BCUT2D eigenvalue weighted by Gasteiger charge is 2.21. The van der Waals surface area contributed by atoms with E-state index in [2.05, 4.69) is 4.72 Å². The minimum atomic E-state index is -4.03. The molecule has 2 aromatic carbocycles. The van der Waals surface area contributed by atoms with Crippen LogP contribution in [0.1, 0.15) is 21.5 Å². The number of sulfone groups is 1. The number of hydrogen-bond acceptors (Lipinski definition) is 5. The first kappa shape index (κ1) is 18.9. The zero-order valence-corrected chi connectivity index (χ0v) is 15.4. The second-order valence-electron chi connectivity index (χ2n) is 5.62. The normalized spacial score (nSPS) is 12.0. The van der Waals surface area contributed by atoms with E-state index in [0.717, 1.165) is 12.3 Å². The summed E-state index contributed by atoms with van der Waals surface area (Å²) in [6.45, 7) is 3.21. The third-order valence-electron chi connectivity index (χ3n) is 3.69. The molecule has 0 radical (unpaired) electrons. The van der Waals surface area contributed by atoms with Gasteiger partial charge in [0.1, 0.15) is 0 Å². The predicted molar refractivity (Wildman–Crippen MR) is 93.2 cm³/mol. The Labute approximate surface area is 146 Å². The number of carboxylic acids is 1. The summed E-state index contributed by atoms with van der Waals surface area (Å²) in [7, 11) is -7.42. The van der Waals surface area contributed by atoms with Crippen molar-refractivity contribution in [1.29, 1.82) is 0 Å². The van der Waals surface area contributed by atoms with Crippen molar-refractivity contribution in [2.45, 2.75) is 23.6 Å². The lowest BCUT2D eigenvalue weighted by molar-refractivity contribution is 0.0696. The standard InChI is InChI=1S/C16H17NO6S2/c1-10-8-12(16(18)19)9-15(11(10)2)25(22,23)17-13-4-6-14(7-5-13)24(3,20)21/h4-9,17H,1-3H3,(H,18,19). The molecule has 0 fully saturated rings. The van der Waals surface area contributed by atoms with Gasteiger partial charge in [-0.3, -0.25) is 4.72 Å². The Balaban J connectivity index is 2.45. The maximum atomic E-state index is 12.6. The molecular formula is C16H17NO6S2. The van der Waals surface area contributed by atoms with Gasteiger partial charge in [-0.2, -0.15) is 0 Å². The molecule has 0 aliphatic rings. The summed E-state index contributed by atoms with van der Waals surface area (Å²) in [5, 5.41) is 9.11. The molecule has 0 heterocycles. The average Bonchev–Trinajstić information content (AvgIpc) is 2.48. The van der Waals surface area contributed by atoms with Crippen molar-refractivity contribution in [1.82, 2.24) is 0 Å². The summed E-state index contributed by atoms with van der Waals surface area (Å²) in [6.07, 6.45) is 1.05. The van der Waals surface area contributed by atoms with Gasteiger partial charge >= 0.3 is 5.97 Å². The topological polar surface area (TPSA) is 118 Å². The number of sulfonamides is 1. The number of anilines is 1. The van der Waals surface area contributed by atoms with E-state index in [9.17, 15) is 21.6 Å². The van der Waals surface area contributed by atoms with E-state index >= 15 is 0 Å². The Morgan fingerprint density at radius 2 is 1.56 bits per heavy atom. The zero-order valence-electron chi connectivity index (χ0n) is 13.8. The molecule has 0 spiro atoms. The van der Waals surface area contributed by atoms with Crippen LogP contribution in [0.5, 0.6) is 0 Å². The second kappa shape index (κ2) is 6.49. The van der Waals surface area contributed by atoms with Crippen LogP contribution in [0.3, 0.4) is 0 Å². The third kappa shape index (κ3) is 4.18. The molecule has 0 bridgehead atoms. The van der Waals surface area contributed by atoms with E-state index < -0.39 is 25.8 Å². The van der Waals surface area contributed by atoms with Crippen LogP contribution in [-0.2, 0) is 19.9 Å². The Morgan fingerprint density at radius 3 is 2.04 bits per heavy atom. The van der Waals surface area contributed by atoms with Crippen LogP contribution in [0.25, 0.3) is 0 Å². The summed E-state index contributed by atoms with van der Waals surface area (Å²) in [5.74, 6) is -1.22. The van der Waals surface area contributed by atoms with E-state index in [0.29, 0.717) is 11.1 Å². The fourth-order valence-corrected chi connectivity index (χ4v) is 4.24. The van der Waals surface area contributed by atoms with Gasteiger partial charge in [-0.1, -0.05) is 0 Å². The molecule has 25 heavy (non-hydrogen) atoms. The van der Waals surface area contributed by atoms with Gasteiger partial charge in [0.2, 0.25) is 0 Å². The molecule has 0 saturated heterocycles. The number of aromatic carboxylic acids is 1. The molecule has 2 N–H and O–H groups in total. The van der Waals surface area contributed by atoms with E-state index in [1.165, 1.54) is 30.3 Å². The van der Waals surface area contributed by atoms with Crippen LogP contribution in [0.2, 0.25) is 0 Å². The van der Waals surface area contributed by atoms with Gasteiger partial charge in [0.25, 0.3) is 10.0 Å². The fourth-order valence-electron chi connectivity index (χ4n) is 2.21. The largest absolute Gasteiger partial charge is 0.478 e. The molecule has 134 valence electrons. The quantitative estimate of drug-likeness (QED) is 0.817. The number of benzene rings is 2. The Morgan fingerprint density at radius 1 is 1.00 bits per heavy atom. The molecule has 0 amide bonds. The number of carbonyl (C=O) groups is 1. The fraction of sp³-hybridized carbons (Fsp3) is 0.188. The van der Waals surface area contributed by atoms with Gasteiger partial charge in [0.15, 0.2) is 9.84 Å². The predicted octanol–water partition coefficient (Wildman–Crippen LogP) is 2.21. The number of nitrogens with one attached hydrogen (secondary N) is 1. The minimum absolute atomic E-state index is 0.0651. The van der Waals surface area contributed by atoms with Crippen molar-refractivity contribution in [2.24, 2.45) is 0 Å². The number of hydrogen-bond donors (Lipinski definition) is 2. The van der Waals surface area contributed by atoms with Gasteiger partial charge < -0.3 is 5.11 Å². The first-order valence-corrected chi connectivity index (χ1v) is 10.5. The monoisotopic (exact) mass is 383 g/mol. The lowest BCUT2D eigenvalue weighted by atomic mass is 10.1. The smallest absolute Gasteiger partial charge is 0.335 e. The summed E-state index contributed by atoms with van der Waals surface area (Å²) in [5.41, 5.74) is 1.01. The summed E-state index contributed by atoms with van der Waals surface area (Å²) in [6, 6.07) is 7.74. The maximum Gasteiger partial charge on any atom is 0.335 e. The molecule has 0 saturated carbocycles. The van der Waals surface area contributed by atoms with Gasteiger partial charge in [0, 0.05) is 11.9 Å². The van der Waals surface area contributed by atoms with Crippen molar-refractivity contribution in [2.75, 3.05) is 11.0 Å². The van der Waals surface area contributed by atoms with Crippen molar-refractivity contribution in [3.8, 4) is 0 Å². The minimum Gasteiger partial charge on any atom is -0.478 e. The third-order valence-corrected chi connectivity index (χ3v) is 6.33. The molecule has 9 heteroatoms. The molecule has 2 rings (SSSR count). The van der Waals surface area contributed by atoms with Crippen molar-refractivity contribution >= 4 is 31.5 Å². The van der Waals surface area contributed by atoms with E-state index in [1.807, 2.05) is 0 Å². The van der Waals surface area contributed by atoms with Crippen LogP contribution in [0, 0.1) is 13.8 Å². The van der Waals surface area contributed by atoms with Crippen molar-refractivity contribution in [3.05, 3.63) is 53.1 Å². The lowest BCUT2D eigenvalue weighted by Gasteiger charge is -2.13. The van der Waals surface area contributed by atoms with Crippen LogP contribution in [0.15, 0.2) is 46.2 Å². The molecule has 0 aliphatic carbocycles. The summed E-state index contributed by atoms with van der Waals surface area (Å²) in [4.78, 5) is 11.1. The molecule has 0 aliphatic heterocycles. The highest BCUT2D eigenvalue weighted by Crippen LogP contribution is 2.24. The van der Waals surface area contributed by atoms with Crippen LogP contribution in [-0.4, -0.2) is 34.2 Å². The number of aryl methyl sites for hydroxylation is 1. The second-order valence-corrected chi connectivity index (χ2v) is 9.29. The molecule has 0 atom stereocenters. The first-order chi connectivity index (χ1) is 11.4. The molecule has 2 aromatic rings. The Hall–Kier alpha value is -2.39. The van der Waals surface area contributed by atoms with E-state index in [-0.39, 0.29) is 21.0 Å². The molecule has 0 unspecified atom stereocenters. The first-order valence-electron chi connectivity index (χ1n) is 7.09. The zero-order chi connectivity index (χ0) is 19.0. The highest BCUT2D eigenvalue weighted by molar-refractivity contribution is 7.92. The lowest BCUT2D eigenvalue weighted by Crippen LogP contribution is -2.16. The molecule has 0 aromatic heterocycles. The van der Waals surface area contributed by atoms with Crippen LogP contribution in [0.4, 0.5) is 5.69 Å². The van der Waals surface area contributed by atoms with Gasteiger partial charge in [0.05, 0.1) is 15.4 Å². The van der Waals surface area contributed by atoms with Gasteiger partial charge in [-0.25, -0.2) is 21.6 Å². The van der Waals surface area contributed by atoms with Gasteiger partial charge in [-0.15, -0.1) is 0 Å². The Kier molecular flexibility index (Phi) is 4.92. The van der Waals surface area contributed by atoms with E-state index in [4.69, 9.17) is 5.11 Å². The average molecular weight is 383 g/mol. The highest BCUT2D eigenvalue weighted by atomic mass is 32.2. The molecular weight excluding hydrogens is 366 g/mol. The van der Waals surface area contributed by atoms with E-state index in [1.54, 1.807) is 13.8 Å². The summed E-state index contributed by atoms with van der Waals surface area (Å²) >= 11 is 0. The van der Waals surface area contributed by atoms with Crippen LogP contribution < -0.4 is 4.72 Å². The number of carboxylic acid groups (broad SMARTS) is 1. The molecule has 7 nitrogen and oxygen atoms in total.